The summed E-state index contributed by atoms with van der Waals surface area (Å²) in [6.07, 6.45) is 0.774. The third-order valence-electron chi connectivity index (χ3n) is 2.94. The Balaban J connectivity index is 2.35. The normalized spacial score (nSPS) is 19.2. The molecule has 0 aliphatic carbocycles. The number of hydrogen-bond donors (Lipinski definition) is 1. The summed E-state index contributed by atoms with van der Waals surface area (Å²) < 4.78 is 5.07. The van der Waals surface area contributed by atoms with Crippen molar-refractivity contribution in [3.8, 4) is 5.88 Å². The van der Waals surface area contributed by atoms with Crippen molar-refractivity contribution >= 4 is 5.91 Å². The molecule has 1 amide bonds. The second-order valence-corrected chi connectivity index (χ2v) is 4.38. The number of rotatable bonds is 2. The molecule has 2 rings (SSSR count). The van der Waals surface area contributed by atoms with E-state index >= 15 is 0 Å². The molecule has 1 aromatic rings. The number of nitrogens with zero attached hydrogens (tertiary/aromatic N) is 1. The standard InChI is InChI=1S/C12H16N2O2/c1-7(2)9-6-10-8(12(15)14-9)4-5-11(13-10)16-3/h4-5,7,9H,6H2,1-3H3,(H,14,15). The van der Waals surface area contributed by atoms with Gasteiger partial charge in [-0.1, -0.05) is 13.8 Å². The van der Waals surface area contributed by atoms with Gasteiger partial charge in [0.25, 0.3) is 5.91 Å². The molecule has 0 bridgehead atoms. The van der Waals surface area contributed by atoms with Crippen LogP contribution in [0.4, 0.5) is 0 Å². The van der Waals surface area contributed by atoms with Gasteiger partial charge in [-0.15, -0.1) is 0 Å². The third kappa shape index (κ3) is 1.87. The third-order valence-corrected chi connectivity index (χ3v) is 2.94. The highest BCUT2D eigenvalue weighted by atomic mass is 16.5. The van der Waals surface area contributed by atoms with Gasteiger partial charge in [0.15, 0.2) is 0 Å². The topological polar surface area (TPSA) is 51.2 Å². The molecular formula is C12H16N2O2. The van der Waals surface area contributed by atoms with Crippen molar-refractivity contribution in [3.05, 3.63) is 23.4 Å². The van der Waals surface area contributed by atoms with E-state index < -0.39 is 0 Å². The molecule has 1 aliphatic heterocycles. The van der Waals surface area contributed by atoms with Gasteiger partial charge in [-0.25, -0.2) is 4.98 Å². The predicted octanol–water partition coefficient (Wildman–Crippen LogP) is 1.40. The van der Waals surface area contributed by atoms with Gasteiger partial charge >= 0.3 is 0 Å². The minimum atomic E-state index is -0.0323. The van der Waals surface area contributed by atoms with Crippen LogP contribution in [0.25, 0.3) is 0 Å². The minimum absolute atomic E-state index is 0.0323. The maximum absolute atomic E-state index is 11.8. The molecular weight excluding hydrogens is 204 g/mol. The minimum Gasteiger partial charge on any atom is -0.481 e. The van der Waals surface area contributed by atoms with Crippen molar-refractivity contribution in [2.24, 2.45) is 5.92 Å². The molecule has 1 N–H and O–H groups in total. The summed E-state index contributed by atoms with van der Waals surface area (Å²) in [5.74, 6) is 0.941. The number of hydrogen-bond acceptors (Lipinski definition) is 3. The Morgan fingerprint density at radius 2 is 2.25 bits per heavy atom. The average molecular weight is 220 g/mol. The molecule has 1 unspecified atom stereocenters. The average Bonchev–Trinajstić information content (AvgIpc) is 2.28. The van der Waals surface area contributed by atoms with E-state index in [2.05, 4.69) is 24.1 Å². The summed E-state index contributed by atoms with van der Waals surface area (Å²) in [6, 6.07) is 3.65. The SMILES string of the molecule is COc1ccc2c(n1)CC(C(C)C)NC2=O. The number of methoxy groups -OCH3 is 1. The van der Waals surface area contributed by atoms with Crippen LogP contribution in [0.15, 0.2) is 12.1 Å². The smallest absolute Gasteiger partial charge is 0.253 e. The lowest BCUT2D eigenvalue weighted by molar-refractivity contribution is 0.0910. The summed E-state index contributed by atoms with van der Waals surface area (Å²) >= 11 is 0. The van der Waals surface area contributed by atoms with Crippen LogP contribution in [0.5, 0.6) is 5.88 Å². The first-order valence-corrected chi connectivity index (χ1v) is 5.46. The number of pyridine rings is 1. The maximum atomic E-state index is 11.8. The fourth-order valence-electron chi connectivity index (χ4n) is 1.87. The van der Waals surface area contributed by atoms with Crippen LogP contribution in [0.1, 0.15) is 29.9 Å². The number of carbonyl (C=O) groups excluding carboxylic acids is 1. The van der Waals surface area contributed by atoms with Gasteiger partial charge < -0.3 is 10.1 Å². The molecule has 0 saturated heterocycles. The van der Waals surface area contributed by atoms with Crippen molar-refractivity contribution in [2.75, 3.05) is 7.11 Å². The second kappa shape index (κ2) is 4.12. The zero-order valence-corrected chi connectivity index (χ0v) is 9.78. The molecule has 0 spiro atoms. The first kappa shape index (κ1) is 10.9. The maximum Gasteiger partial charge on any atom is 0.253 e. The van der Waals surface area contributed by atoms with E-state index in [4.69, 9.17) is 4.74 Å². The number of ether oxygens (including phenoxy) is 1. The van der Waals surface area contributed by atoms with Crippen molar-refractivity contribution < 1.29 is 9.53 Å². The highest BCUT2D eigenvalue weighted by Crippen LogP contribution is 2.21. The molecule has 0 fully saturated rings. The summed E-state index contributed by atoms with van der Waals surface area (Å²) in [4.78, 5) is 16.1. The van der Waals surface area contributed by atoms with Crippen molar-refractivity contribution in [2.45, 2.75) is 26.3 Å². The van der Waals surface area contributed by atoms with Crippen LogP contribution in [-0.4, -0.2) is 24.0 Å². The molecule has 86 valence electrons. The highest BCUT2D eigenvalue weighted by Gasteiger charge is 2.27. The zero-order valence-electron chi connectivity index (χ0n) is 9.78. The van der Waals surface area contributed by atoms with Gasteiger partial charge in [0.05, 0.1) is 18.4 Å². The Morgan fingerprint density at radius 3 is 2.88 bits per heavy atom. The Hall–Kier alpha value is -1.58. The molecule has 1 atom stereocenters. The van der Waals surface area contributed by atoms with Gasteiger partial charge in [0.2, 0.25) is 5.88 Å². The van der Waals surface area contributed by atoms with Gasteiger partial charge in [-0.05, 0) is 12.0 Å². The van der Waals surface area contributed by atoms with Crippen LogP contribution >= 0.6 is 0 Å². The van der Waals surface area contributed by atoms with Gasteiger partial charge in [0.1, 0.15) is 0 Å². The summed E-state index contributed by atoms with van der Waals surface area (Å²) in [5, 5.41) is 2.99. The molecule has 0 saturated carbocycles. The Morgan fingerprint density at radius 1 is 1.50 bits per heavy atom. The van der Waals surface area contributed by atoms with Crippen LogP contribution in [0.3, 0.4) is 0 Å². The van der Waals surface area contributed by atoms with E-state index in [-0.39, 0.29) is 11.9 Å². The summed E-state index contributed by atoms with van der Waals surface area (Å²) in [5.41, 5.74) is 1.50. The predicted molar refractivity (Wildman–Crippen MR) is 60.6 cm³/mol. The van der Waals surface area contributed by atoms with E-state index in [1.165, 1.54) is 0 Å². The van der Waals surface area contributed by atoms with E-state index in [0.717, 1.165) is 12.1 Å². The number of carbonyl (C=O) groups is 1. The summed E-state index contributed by atoms with van der Waals surface area (Å²) in [6.45, 7) is 4.19. The van der Waals surface area contributed by atoms with Crippen LogP contribution in [-0.2, 0) is 6.42 Å². The molecule has 1 aliphatic rings. The van der Waals surface area contributed by atoms with Crippen molar-refractivity contribution in [3.63, 3.8) is 0 Å². The first-order chi connectivity index (χ1) is 7.61. The lowest BCUT2D eigenvalue weighted by Crippen LogP contribution is -2.44. The molecule has 4 heteroatoms. The van der Waals surface area contributed by atoms with Crippen LogP contribution in [0, 0.1) is 5.92 Å². The van der Waals surface area contributed by atoms with Crippen molar-refractivity contribution in [1.29, 1.82) is 0 Å². The van der Waals surface area contributed by atoms with Crippen LogP contribution in [0.2, 0.25) is 0 Å². The zero-order chi connectivity index (χ0) is 11.7. The fourth-order valence-corrected chi connectivity index (χ4v) is 1.87. The molecule has 2 heterocycles. The van der Waals surface area contributed by atoms with E-state index in [1.807, 2.05) is 0 Å². The van der Waals surface area contributed by atoms with Crippen molar-refractivity contribution in [1.82, 2.24) is 10.3 Å². The van der Waals surface area contributed by atoms with E-state index in [0.29, 0.717) is 17.4 Å². The Bertz CT molecular complexity index is 415. The Kier molecular flexibility index (Phi) is 2.81. The Labute approximate surface area is 95.0 Å². The monoisotopic (exact) mass is 220 g/mol. The molecule has 4 nitrogen and oxygen atoms in total. The number of aromatic nitrogens is 1. The molecule has 1 aromatic heterocycles. The lowest BCUT2D eigenvalue weighted by atomic mass is 9.93. The van der Waals surface area contributed by atoms with Crippen LogP contribution < -0.4 is 10.1 Å². The number of amides is 1. The lowest BCUT2D eigenvalue weighted by Gasteiger charge is -2.27. The first-order valence-electron chi connectivity index (χ1n) is 5.46. The molecule has 0 aromatic carbocycles. The fraction of sp³-hybridized carbons (Fsp3) is 0.500. The van der Waals surface area contributed by atoms with E-state index in [9.17, 15) is 4.79 Å². The largest absolute Gasteiger partial charge is 0.481 e. The van der Waals surface area contributed by atoms with E-state index in [1.54, 1.807) is 19.2 Å². The highest BCUT2D eigenvalue weighted by molar-refractivity contribution is 5.96. The van der Waals surface area contributed by atoms with Gasteiger partial charge in [-0.2, -0.15) is 0 Å². The quantitative estimate of drug-likeness (QED) is 0.819. The van der Waals surface area contributed by atoms with Gasteiger partial charge in [0, 0.05) is 18.5 Å². The summed E-state index contributed by atoms with van der Waals surface area (Å²) in [7, 11) is 1.58. The molecule has 16 heavy (non-hydrogen) atoms. The second-order valence-electron chi connectivity index (χ2n) is 4.38. The molecule has 0 radical (unpaired) electrons. The number of fused-ring (bicyclic) bond motifs is 1. The van der Waals surface area contributed by atoms with Gasteiger partial charge in [-0.3, -0.25) is 4.79 Å². The number of nitrogens with one attached hydrogen (secondary N) is 1.